The van der Waals surface area contributed by atoms with Crippen LogP contribution in [0, 0.1) is 0 Å². The van der Waals surface area contributed by atoms with E-state index in [9.17, 15) is 4.79 Å². The number of aromatic nitrogens is 4. The number of hydrogen-bond donors (Lipinski definition) is 1. The van der Waals surface area contributed by atoms with Crippen LogP contribution < -0.4 is 5.56 Å². The Kier molecular flexibility index (Phi) is 5.29. The van der Waals surface area contributed by atoms with Gasteiger partial charge in [0.05, 0.1) is 11.4 Å². The highest BCUT2D eigenvalue weighted by Crippen LogP contribution is 2.30. The van der Waals surface area contributed by atoms with Gasteiger partial charge >= 0.3 is 5.56 Å². The SMILES string of the molecule is O=c1c(N=Nc2nccs2)c(-c2ccccc2)[nH]n1-c1nc(-c2ccc(Cl)cc2)cs1. The molecule has 0 aliphatic rings. The van der Waals surface area contributed by atoms with Gasteiger partial charge in [0.15, 0.2) is 5.69 Å². The van der Waals surface area contributed by atoms with Gasteiger partial charge in [-0.05, 0) is 12.1 Å². The van der Waals surface area contributed by atoms with Gasteiger partial charge in [-0.15, -0.1) is 32.9 Å². The maximum Gasteiger partial charge on any atom is 0.301 e. The quantitative estimate of drug-likeness (QED) is 0.302. The number of H-pyrrole nitrogens is 1. The fourth-order valence-electron chi connectivity index (χ4n) is 2.94. The summed E-state index contributed by atoms with van der Waals surface area (Å²) >= 11 is 8.67. The summed E-state index contributed by atoms with van der Waals surface area (Å²) in [6.07, 6.45) is 1.64. The molecule has 31 heavy (non-hydrogen) atoms. The third-order valence-electron chi connectivity index (χ3n) is 4.41. The van der Waals surface area contributed by atoms with Gasteiger partial charge in [0.2, 0.25) is 10.3 Å². The molecule has 0 saturated heterocycles. The van der Waals surface area contributed by atoms with Gasteiger partial charge in [-0.25, -0.2) is 9.97 Å². The van der Waals surface area contributed by atoms with Crippen LogP contribution in [-0.2, 0) is 0 Å². The Hall–Kier alpha value is -3.40. The topological polar surface area (TPSA) is 88.3 Å². The first-order valence-electron chi connectivity index (χ1n) is 9.12. The van der Waals surface area contributed by atoms with Gasteiger partial charge in [-0.1, -0.05) is 54.1 Å². The molecule has 0 spiro atoms. The minimum absolute atomic E-state index is 0.199. The second-order valence-electron chi connectivity index (χ2n) is 6.38. The molecule has 0 atom stereocenters. The predicted octanol–water partition coefficient (Wildman–Crippen LogP) is 6.48. The molecule has 7 nitrogen and oxygen atoms in total. The van der Waals surface area contributed by atoms with E-state index in [0.717, 1.165) is 16.8 Å². The molecule has 0 aliphatic carbocycles. The van der Waals surface area contributed by atoms with Crippen LogP contribution in [0.3, 0.4) is 0 Å². The number of hydrogen-bond acceptors (Lipinski definition) is 7. The van der Waals surface area contributed by atoms with Gasteiger partial charge in [0.1, 0.15) is 0 Å². The number of benzene rings is 2. The van der Waals surface area contributed by atoms with E-state index >= 15 is 0 Å². The molecule has 1 N–H and O–H groups in total. The van der Waals surface area contributed by atoms with Gasteiger partial charge in [0, 0.05) is 33.1 Å². The molecule has 0 unspecified atom stereocenters. The number of halogens is 1. The van der Waals surface area contributed by atoms with Crippen molar-refractivity contribution >= 4 is 45.1 Å². The summed E-state index contributed by atoms with van der Waals surface area (Å²) in [7, 11) is 0. The highest BCUT2D eigenvalue weighted by molar-refractivity contribution is 7.13. The zero-order chi connectivity index (χ0) is 21.2. The summed E-state index contributed by atoms with van der Waals surface area (Å²) in [5.74, 6) is 0. The highest BCUT2D eigenvalue weighted by atomic mass is 35.5. The molecule has 0 radical (unpaired) electrons. The fraction of sp³-hybridized carbons (Fsp3) is 0. The number of aromatic amines is 1. The van der Waals surface area contributed by atoms with E-state index in [0.29, 0.717) is 21.0 Å². The standard InChI is InChI=1S/C21H13ClN6OS2/c22-15-8-6-13(7-9-15)16-12-31-21(24-16)28-19(29)18(25-26-20-23-10-11-30-20)17(27-28)14-4-2-1-3-5-14/h1-12,27H. The molecule has 0 fully saturated rings. The molecule has 3 heterocycles. The third-order valence-corrected chi connectivity index (χ3v) is 6.14. The molecular formula is C21H13ClN6OS2. The molecule has 0 amide bonds. The first kappa shape index (κ1) is 19.6. The molecule has 2 aromatic carbocycles. The Bertz CT molecular complexity index is 1400. The van der Waals surface area contributed by atoms with Crippen LogP contribution in [0.5, 0.6) is 0 Å². The smallest absolute Gasteiger partial charge is 0.286 e. The molecule has 3 aromatic heterocycles. The van der Waals surface area contributed by atoms with Gasteiger partial charge in [0.25, 0.3) is 0 Å². The van der Waals surface area contributed by atoms with Crippen molar-refractivity contribution in [2.45, 2.75) is 0 Å². The maximum atomic E-state index is 13.2. The minimum atomic E-state index is -0.337. The Balaban J connectivity index is 1.60. The van der Waals surface area contributed by atoms with Crippen LogP contribution in [0.25, 0.3) is 27.6 Å². The van der Waals surface area contributed by atoms with Crippen LogP contribution in [0.15, 0.2) is 86.6 Å². The van der Waals surface area contributed by atoms with Crippen molar-refractivity contribution in [3.8, 4) is 27.6 Å². The van der Waals surface area contributed by atoms with E-state index in [1.807, 2.05) is 47.8 Å². The summed E-state index contributed by atoms with van der Waals surface area (Å²) in [4.78, 5) is 21.9. The summed E-state index contributed by atoms with van der Waals surface area (Å²) in [6, 6.07) is 16.9. The first-order chi connectivity index (χ1) is 15.2. The normalized spacial score (nSPS) is 11.4. The Morgan fingerprint density at radius 3 is 2.52 bits per heavy atom. The largest absolute Gasteiger partial charge is 0.301 e. The van der Waals surface area contributed by atoms with Crippen molar-refractivity contribution in [2.75, 3.05) is 0 Å². The second kappa shape index (κ2) is 8.38. The third kappa shape index (κ3) is 3.98. The first-order valence-corrected chi connectivity index (χ1v) is 11.3. The number of nitrogens with zero attached hydrogens (tertiary/aromatic N) is 5. The molecule has 5 aromatic rings. The van der Waals surface area contributed by atoms with E-state index in [4.69, 9.17) is 11.6 Å². The number of nitrogens with one attached hydrogen (secondary N) is 1. The molecule has 152 valence electrons. The van der Waals surface area contributed by atoms with Gasteiger partial charge < -0.3 is 0 Å². The number of azo groups is 1. The second-order valence-corrected chi connectivity index (χ2v) is 8.52. The van der Waals surface area contributed by atoms with Crippen LogP contribution in [0.1, 0.15) is 0 Å². The van der Waals surface area contributed by atoms with Crippen LogP contribution in [-0.4, -0.2) is 19.7 Å². The van der Waals surface area contributed by atoms with Crippen molar-refractivity contribution in [3.05, 3.63) is 86.9 Å². The van der Waals surface area contributed by atoms with E-state index < -0.39 is 0 Å². The Morgan fingerprint density at radius 2 is 1.77 bits per heavy atom. The summed E-state index contributed by atoms with van der Waals surface area (Å²) in [6.45, 7) is 0. The molecule has 0 saturated carbocycles. The lowest BCUT2D eigenvalue weighted by Crippen LogP contribution is -2.13. The summed E-state index contributed by atoms with van der Waals surface area (Å²) in [5.41, 5.74) is 2.92. The zero-order valence-electron chi connectivity index (χ0n) is 15.8. The number of rotatable bonds is 5. The lowest BCUT2D eigenvalue weighted by molar-refractivity contribution is 0.843. The lowest BCUT2D eigenvalue weighted by Gasteiger charge is -1.99. The van der Waals surface area contributed by atoms with Crippen molar-refractivity contribution in [3.63, 3.8) is 0 Å². The monoisotopic (exact) mass is 464 g/mol. The average molecular weight is 465 g/mol. The number of thiazole rings is 2. The van der Waals surface area contributed by atoms with Crippen molar-refractivity contribution in [1.29, 1.82) is 0 Å². The van der Waals surface area contributed by atoms with E-state index in [1.54, 1.807) is 23.7 Å². The Morgan fingerprint density at radius 1 is 0.968 bits per heavy atom. The van der Waals surface area contributed by atoms with Crippen molar-refractivity contribution in [2.24, 2.45) is 10.2 Å². The maximum absolute atomic E-state index is 13.2. The van der Waals surface area contributed by atoms with Crippen LogP contribution >= 0.6 is 34.3 Å². The van der Waals surface area contributed by atoms with Crippen LogP contribution in [0.2, 0.25) is 5.02 Å². The molecule has 10 heteroatoms. The molecule has 0 bridgehead atoms. The fourth-order valence-corrected chi connectivity index (χ4v) is 4.31. The van der Waals surface area contributed by atoms with Crippen LogP contribution in [0.4, 0.5) is 10.8 Å². The molecule has 5 rings (SSSR count). The predicted molar refractivity (Wildman–Crippen MR) is 124 cm³/mol. The summed E-state index contributed by atoms with van der Waals surface area (Å²) in [5, 5.41) is 16.8. The lowest BCUT2D eigenvalue weighted by atomic mass is 10.1. The summed E-state index contributed by atoms with van der Waals surface area (Å²) < 4.78 is 1.39. The molecular weight excluding hydrogens is 452 g/mol. The molecule has 0 aliphatic heterocycles. The van der Waals surface area contributed by atoms with E-state index in [-0.39, 0.29) is 11.2 Å². The van der Waals surface area contributed by atoms with E-state index in [2.05, 4.69) is 25.3 Å². The highest BCUT2D eigenvalue weighted by Gasteiger charge is 2.19. The van der Waals surface area contributed by atoms with Crippen molar-refractivity contribution < 1.29 is 0 Å². The van der Waals surface area contributed by atoms with Gasteiger partial charge in [-0.3, -0.25) is 9.89 Å². The average Bonchev–Trinajstić information content (AvgIpc) is 3.54. The van der Waals surface area contributed by atoms with Gasteiger partial charge in [-0.2, -0.15) is 4.68 Å². The zero-order valence-corrected chi connectivity index (χ0v) is 18.2. The van der Waals surface area contributed by atoms with E-state index in [1.165, 1.54) is 27.4 Å². The Labute approximate surface area is 189 Å². The minimum Gasteiger partial charge on any atom is -0.286 e. The van der Waals surface area contributed by atoms with Crippen molar-refractivity contribution in [1.82, 2.24) is 19.7 Å².